The summed E-state index contributed by atoms with van der Waals surface area (Å²) in [5.74, 6) is -1.07. The highest BCUT2D eigenvalue weighted by Crippen LogP contribution is 2.27. The lowest BCUT2D eigenvalue weighted by Gasteiger charge is -2.10. The fraction of sp³-hybridized carbons (Fsp3) is 0.143. The van der Waals surface area contributed by atoms with Gasteiger partial charge in [0.1, 0.15) is 16.5 Å². The highest BCUT2D eigenvalue weighted by Gasteiger charge is 2.19. The molecule has 0 radical (unpaired) electrons. The molecule has 0 atom stereocenters. The topological polar surface area (TPSA) is 104 Å². The molecule has 154 valence electrons. The number of rotatable bonds is 6. The van der Waals surface area contributed by atoms with Crippen LogP contribution in [0.2, 0.25) is 0 Å². The summed E-state index contributed by atoms with van der Waals surface area (Å²) in [5.41, 5.74) is 1.41. The Kier molecular flexibility index (Phi) is 6.43. The van der Waals surface area contributed by atoms with E-state index in [-0.39, 0.29) is 22.5 Å². The number of carbonyl (C=O) groups is 3. The van der Waals surface area contributed by atoms with Gasteiger partial charge in [-0.15, -0.1) is 11.3 Å². The molecule has 3 rings (SSSR count). The quantitative estimate of drug-likeness (QED) is 0.600. The van der Waals surface area contributed by atoms with Gasteiger partial charge in [-0.25, -0.2) is 14.6 Å². The molecule has 0 saturated heterocycles. The zero-order valence-electron chi connectivity index (χ0n) is 16.4. The third-order valence-corrected chi connectivity index (χ3v) is 5.06. The van der Waals surface area contributed by atoms with Crippen molar-refractivity contribution < 1.29 is 28.6 Å². The van der Waals surface area contributed by atoms with Crippen LogP contribution in [-0.4, -0.2) is 44.2 Å². The van der Waals surface area contributed by atoms with Crippen LogP contribution in [0.15, 0.2) is 47.8 Å². The van der Waals surface area contributed by atoms with E-state index in [0.29, 0.717) is 10.8 Å². The number of anilines is 1. The normalized spacial score (nSPS) is 10.2. The fourth-order valence-electron chi connectivity index (χ4n) is 2.61. The van der Waals surface area contributed by atoms with Crippen molar-refractivity contribution in [1.82, 2.24) is 4.98 Å². The van der Waals surface area contributed by atoms with Crippen LogP contribution in [0.3, 0.4) is 0 Å². The Bertz CT molecular complexity index is 1090. The minimum absolute atomic E-state index is 0.101. The Morgan fingerprint density at radius 3 is 2.27 bits per heavy atom. The molecule has 0 fully saturated rings. The predicted octanol–water partition coefficient (Wildman–Crippen LogP) is 3.64. The molecule has 0 saturated carbocycles. The van der Waals surface area contributed by atoms with Crippen molar-refractivity contribution in [1.29, 1.82) is 0 Å². The van der Waals surface area contributed by atoms with Crippen LogP contribution in [0.1, 0.15) is 31.2 Å². The van der Waals surface area contributed by atoms with Gasteiger partial charge >= 0.3 is 11.9 Å². The van der Waals surface area contributed by atoms with Gasteiger partial charge in [0.25, 0.3) is 5.91 Å². The van der Waals surface area contributed by atoms with Crippen molar-refractivity contribution >= 4 is 34.9 Å². The number of hydrogen-bond acceptors (Lipinski definition) is 8. The molecule has 0 aliphatic rings. The van der Waals surface area contributed by atoms with Gasteiger partial charge in [0, 0.05) is 10.9 Å². The summed E-state index contributed by atoms with van der Waals surface area (Å²) in [6.45, 7) is 0. The minimum Gasteiger partial charge on any atom is -0.497 e. The van der Waals surface area contributed by atoms with Crippen molar-refractivity contribution in [3.8, 4) is 16.3 Å². The number of thiazole rings is 1. The highest BCUT2D eigenvalue weighted by atomic mass is 32.1. The van der Waals surface area contributed by atoms with Gasteiger partial charge in [-0.05, 0) is 42.5 Å². The lowest BCUT2D eigenvalue weighted by molar-refractivity contribution is 0.0587. The number of hydrogen-bond donors (Lipinski definition) is 1. The average molecular weight is 426 g/mol. The van der Waals surface area contributed by atoms with Crippen molar-refractivity contribution in [2.24, 2.45) is 0 Å². The van der Waals surface area contributed by atoms with Crippen LogP contribution in [0.4, 0.5) is 5.69 Å². The first kappa shape index (κ1) is 21.0. The Morgan fingerprint density at radius 1 is 0.933 bits per heavy atom. The summed E-state index contributed by atoms with van der Waals surface area (Å²) in [4.78, 5) is 40.9. The maximum atomic E-state index is 12.7. The summed E-state index contributed by atoms with van der Waals surface area (Å²) < 4.78 is 14.6. The number of aromatic nitrogens is 1. The molecule has 0 aliphatic carbocycles. The molecule has 0 bridgehead atoms. The van der Waals surface area contributed by atoms with Gasteiger partial charge in [-0.2, -0.15) is 0 Å². The van der Waals surface area contributed by atoms with Gasteiger partial charge < -0.3 is 19.5 Å². The van der Waals surface area contributed by atoms with E-state index in [2.05, 4.69) is 15.0 Å². The second-order valence-corrected chi connectivity index (χ2v) is 6.82. The number of nitrogens with zero attached hydrogens (tertiary/aromatic N) is 1. The molecule has 9 heteroatoms. The number of carbonyl (C=O) groups excluding carboxylic acids is 3. The number of nitrogens with one attached hydrogen (secondary N) is 1. The first-order valence-corrected chi connectivity index (χ1v) is 9.56. The van der Waals surface area contributed by atoms with E-state index < -0.39 is 17.8 Å². The Balaban J connectivity index is 1.87. The van der Waals surface area contributed by atoms with Gasteiger partial charge in [0.2, 0.25) is 0 Å². The van der Waals surface area contributed by atoms with Crippen LogP contribution >= 0.6 is 11.3 Å². The molecule has 3 aromatic rings. The fourth-order valence-corrected chi connectivity index (χ4v) is 3.42. The average Bonchev–Trinajstić information content (AvgIpc) is 3.28. The highest BCUT2D eigenvalue weighted by molar-refractivity contribution is 7.13. The molecule has 1 heterocycles. The van der Waals surface area contributed by atoms with E-state index in [0.717, 1.165) is 5.56 Å². The zero-order chi connectivity index (χ0) is 21.7. The number of ether oxygens (including phenoxy) is 3. The summed E-state index contributed by atoms with van der Waals surface area (Å²) in [6, 6.07) is 11.4. The van der Waals surface area contributed by atoms with Crippen molar-refractivity contribution in [2.75, 3.05) is 26.6 Å². The van der Waals surface area contributed by atoms with Crippen LogP contribution in [-0.2, 0) is 9.47 Å². The van der Waals surface area contributed by atoms with Gasteiger partial charge in [-0.1, -0.05) is 0 Å². The van der Waals surface area contributed by atoms with Crippen molar-refractivity contribution in [2.45, 2.75) is 0 Å². The molecule has 1 amide bonds. The summed E-state index contributed by atoms with van der Waals surface area (Å²) >= 11 is 1.30. The second kappa shape index (κ2) is 9.19. The van der Waals surface area contributed by atoms with E-state index in [9.17, 15) is 14.4 Å². The minimum atomic E-state index is -0.654. The van der Waals surface area contributed by atoms with E-state index in [1.54, 1.807) is 24.6 Å². The van der Waals surface area contributed by atoms with Gasteiger partial charge in [0.15, 0.2) is 0 Å². The molecule has 8 nitrogen and oxygen atoms in total. The number of methoxy groups -OCH3 is 3. The standard InChI is InChI=1S/C21H18N2O6S/c1-27-14-7-4-12(5-8-14)19-23-17(11-30-19)18(24)22-16-10-13(20(25)28-2)6-9-15(16)21(26)29-3/h4-11H,1-3H3,(H,22,24). The summed E-state index contributed by atoms with van der Waals surface area (Å²) in [7, 11) is 4.05. The second-order valence-electron chi connectivity index (χ2n) is 5.96. The SMILES string of the molecule is COC(=O)c1ccc(C(=O)OC)c(NC(=O)c2csc(-c3ccc(OC)cc3)n2)c1. The molecule has 30 heavy (non-hydrogen) atoms. The number of esters is 2. The largest absolute Gasteiger partial charge is 0.497 e. The molecular weight excluding hydrogens is 408 g/mol. The Hall–Kier alpha value is -3.72. The van der Waals surface area contributed by atoms with Gasteiger partial charge in [0.05, 0.1) is 38.1 Å². The van der Waals surface area contributed by atoms with Crippen LogP contribution < -0.4 is 10.1 Å². The third kappa shape index (κ3) is 4.47. The Labute approximate surface area is 176 Å². The van der Waals surface area contributed by atoms with Gasteiger partial charge in [-0.3, -0.25) is 4.79 Å². The van der Waals surface area contributed by atoms with Crippen LogP contribution in [0.5, 0.6) is 5.75 Å². The van der Waals surface area contributed by atoms with E-state index >= 15 is 0 Å². The smallest absolute Gasteiger partial charge is 0.339 e. The van der Waals surface area contributed by atoms with E-state index in [1.165, 1.54) is 43.8 Å². The molecule has 1 aromatic heterocycles. The van der Waals surface area contributed by atoms with Crippen LogP contribution in [0.25, 0.3) is 10.6 Å². The summed E-state index contributed by atoms with van der Waals surface area (Å²) in [5, 5.41) is 4.88. The van der Waals surface area contributed by atoms with Crippen molar-refractivity contribution in [3.63, 3.8) is 0 Å². The first-order valence-electron chi connectivity index (χ1n) is 8.68. The molecule has 0 spiro atoms. The molecule has 0 unspecified atom stereocenters. The van der Waals surface area contributed by atoms with Crippen LogP contribution in [0, 0.1) is 0 Å². The maximum absolute atomic E-state index is 12.7. The monoisotopic (exact) mass is 426 g/mol. The van der Waals surface area contributed by atoms with E-state index in [1.807, 2.05) is 12.1 Å². The lowest BCUT2D eigenvalue weighted by Crippen LogP contribution is -2.17. The zero-order valence-corrected chi connectivity index (χ0v) is 17.2. The third-order valence-electron chi connectivity index (χ3n) is 4.17. The number of benzene rings is 2. The number of amides is 1. The lowest BCUT2D eigenvalue weighted by atomic mass is 10.1. The summed E-state index contributed by atoms with van der Waals surface area (Å²) in [6.07, 6.45) is 0. The molecule has 2 aromatic carbocycles. The van der Waals surface area contributed by atoms with Crippen molar-refractivity contribution in [3.05, 3.63) is 64.7 Å². The molecule has 1 N–H and O–H groups in total. The molecule has 0 aliphatic heterocycles. The molecular formula is C21H18N2O6S. The maximum Gasteiger partial charge on any atom is 0.339 e. The Morgan fingerprint density at radius 2 is 1.63 bits per heavy atom. The van der Waals surface area contributed by atoms with E-state index in [4.69, 9.17) is 9.47 Å². The predicted molar refractivity (Wildman–Crippen MR) is 111 cm³/mol. The first-order chi connectivity index (χ1) is 14.5.